The first-order valence-electron chi connectivity index (χ1n) is 4.80. The Hall–Kier alpha value is -1.47. The number of carboxylic acid groups (broad SMARTS) is 1. The maximum absolute atomic E-state index is 11.1. The molecule has 0 fully saturated rings. The summed E-state index contributed by atoms with van der Waals surface area (Å²) in [6, 6.07) is 0. The van der Waals surface area contributed by atoms with Gasteiger partial charge in [0, 0.05) is 14.2 Å². The van der Waals surface area contributed by atoms with Gasteiger partial charge in [0.25, 0.3) is 0 Å². The highest BCUT2D eigenvalue weighted by molar-refractivity contribution is 5.78. The number of aryl methyl sites for hydroxylation is 1. The van der Waals surface area contributed by atoms with Crippen molar-refractivity contribution in [2.75, 3.05) is 13.7 Å². The molecule has 90 valence electrons. The van der Waals surface area contributed by atoms with Gasteiger partial charge in [-0.1, -0.05) is 0 Å². The van der Waals surface area contributed by atoms with Crippen molar-refractivity contribution in [3.05, 3.63) is 12.2 Å². The van der Waals surface area contributed by atoms with E-state index in [1.165, 1.54) is 7.11 Å². The second kappa shape index (κ2) is 5.04. The Bertz CT molecular complexity index is 365. The summed E-state index contributed by atoms with van der Waals surface area (Å²) in [5.74, 6) is -0.292. The molecule has 0 saturated heterocycles. The van der Waals surface area contributed by atoms with Crippen molar-refractivity contribution in [1.29, 1.82) is 0 Å². The molecular formula is C9H16N4O3. The largest absolute Gasteiger partial charge is 0.480 e. The molecule has 2 N–H and O–H groups in total. The van der Waals surface area contributed by atoms with E-state index in [9.17, 15) is 4.79 Å². The third kappa shape index (κ3) is 2.77. The fourth-order valence-electron chi connectivity index (χ4n) is 1.22. The number of aliphatic carboxylic acids is 1. The molecule has 0 spiro atoms. The standard InChI is InChI=1S/C9H16N4O3/c1-9(5-16-3,8(14)15)10-4-7-12-11-6-13(7)2/h6,10H,4-5H2,1-3H3,(H,14,15). The van der Waals surface area contributed by atoms with Crippen LogP contribution in [0, 0.1) is 0 Å². The lowest BCUT2D eigenvalue weighted by Gasteiger charge is -2.24. The molecule has 0 aliphatic heterocycles. The number of carbonyl (C=O) groups is 1. The van der Waals surface area contributed by atoms with Crippen LogP contribution in [0.1, 0.15) is 12.7 Å². The molecule has 7 nitrogen and oxygen atoms in total. The molecule has 0 saturated carbocycles. The van der Waals surface area contributed by atoms with Gasteiger partial charge in [0.15, 0.2) is 0 Å². The fourth-order valence-corrected chi connectivity index (χ4v) is 1.22. The summed E-state index contributed by atoms with van der Waals surface area (Å²) in [6.07, 6.45) is 1.56. The van der Waals surface area contributed by atoms with E-state index in [0.29, 0.717) is 12.4 Å². The molecule has 7 heteroatoms. The van der Waals surface area contributed by atoms with Gasteiger partial charge in [-0.15, -0.1) is 10.2 Å². The Morgan fingerprint density at radius 2 is 2.44 bits per heavy atom. The molecule has 0 aliphatic rings. The van der Waals surface area contributed by atoms with Crippen LogP contribution in [0.4, 0.5) is 0 Å². The number of methoxy groups -OCH3 is 1. The molecule has 0 amide bonds. The number of nitrogens with zero attached hydrogens (tertiary/aromatic N) is 3. The van der Waals surface area contributed by atoms with Crippen molar-refractivity contribution >= 4 is 5.97 Å². The summed E-state index contributed by atoms with van der Waals surface area (Å²) < 4.78 is 6.61. The topological polar surface area (TPSA) is 89.3 Å². The smallest absolute Gasteiger partial charge is 0.326 e. The summed E-state index contributed by atoms with van der Waals surface area (Å²) in [4.78, 5) is 11.1. The molecule has 0 bridgehead atoms. The van der Waals surface area contributed by atoms with Gasteiger partial charge in [-0.3, -0.25) is 10.1 Å². The van der Waals surface area contributed by atoms with Crippen molar-refractivity contribution < 1.29 is 14.6 Å². The van der Waals surface area contributed by atoms with Crippen LogP contribution in [0.15, 0.2) is 6.33 Å². The average Bonchev–Trinajstić information content (AvgIpc) is 2.61. The molecule has 0 radical (unpaired) electrons. The normalized spacial score (nSPS) is 14.7. The zero-order valence-corrected chi connectivity index (χ0v) is 9.60. The number of hydrogen-bond donors (Lipinski definition) is 2. The minimum atomic E-state index is -1.12. The van der Waals surface area contributed by atoms with Gasteiger partial charge in [0.2, 0.25) is 0 Å². The van der Waals surface area contributed by atoms with Crippen molar-refractivity contribution in [3.8, 4) is 0 Å². The first-order valence-corrected chi connectivity index (χ1v) is 4.80. The number of hydrogen-bond acceptors (Lipinski definition) is 5. The Kier molecular flexibility index (Phi) is 3.97. The van der Waals surface area contributed by atoms with Gasteiger partial charge in [-0.05, 0) is 6.92 Å². The van der Waals surface area contributed by atoms with E-state index in [4.69, 9.17) is 9.84 Å². The second-order valence-corrected chi connectivity index (χ2v) is 3.78. The van der Waals surface area contributed by atoms with E-state index in [-0.39, 0.29) is 6.61 Å². The Morgan fingerprint density at radius 1 is 1.75 bits per heavy atom. The number of carboxylic acids is 1. The molecule has 1 heterocycles. The number of aromatic nitrogens is 3. The van der Waals surface area contributed by atoms with Gasteiger partial charge in [0.1, 0.15) is 17.7 Å². The van der Waals surface area contributed by atoms with E-state index in [2.05, 4.69) is 15.5 Å². The molecule has 1 rings (SSSR count). The minimum Gasteiger partial charge on any atom is -0.480 e. The van der Waals surface area contributed by atoms with Gasteiger partial charge in [0.05, 0.1) is 13.2 Å². The highest BCUT2D eigenvalue weighted by Gasteiger charge is 2.32. The molecule has 1 aromatic rings. The lowest BCUT2D eigenvalue weighted by atomic mass is 10.0. The molecule has 1 unspecified atom stereocenters. The Morgan fingerprint density at radius 3 is 2.88 bits per heavy atom. The predicted molar refractivity (Wildman–Crippen MR) is 55.8 cm³/mol. The van der Waals surface area contributed by atoms with E-state index < -0.39 is 11.5 Å². The molecule has 1 aromatic heterocycles. The molecule has 1 atom stereocenters. The zero-order chi connectivity index (χ0) is 12.2. The summed E-state index contributed by atoms with van der Waals surface area (Å²) in [7, 11) is 3.26. The van der Waals surface area contributed by atoms with Crippen LogP contribution in [0.3, 0.4) is 0 Å². The van der Waals surface area contributed by atoms with Crippen LogP contribution in [0.25, 0.3) is 0 Å². The lowest BCUT2D eigenvalue weighted by molar-refractivity contribution is -0.146. The number of ether oxygens (including phenoxy) is 1. The van der Waals surface area contributed by atoms with Gasteiger partial charge < -0.3 is 14.4 Å². The van der Waals surface area contributed by atoms with Crippen LogP contribution >= 0.6 is 0 Å². The van der Waals surface area contributed by atoms with Gasteiger partial charge in [-0.25, -0.2) is 0 Å². The lowest BCUT2D eigenvalue weighted by Crippen LogP contribution is -2.52. The van der Waals surface area contributed by atoms with Crippen LogP contribution < -0.4 is 5.32 Å². The Balaban J connectivity index is 2.64. The summed E-state index contributed by atoms with van der Waals surface area (Å²) in [5, 5.41) is 19.5. The molecule has 0 aromatic carbocycles. The maximum Gasteiger partial charge on any atom is 0.326 e. The average molecular weight is 228 g/mol. The van der Waals surface area contributed by atoms with Crippen molar-refractivity contribution in [2.24, 2.45) is 7.05 Å². The Labute approximate surface area is 93.4 Å². The highest BCUT2D eigenvalue weighted by Crippen LogP contribution is 2.06. The molecular weight excluding hydrogens is 212 g/mol. The van der Waals surface area contributed by atoms with Crippen LogP contribution in [-0.4, -0.2) is 45.1 Å². The SMILES string of the molecule is COCC(C)(NCc1nncn1C)C(=O)O. The third-order valence-electron chi connectivity index (χ3n) is 2.35. The minimum absolute atomic E-state index is 0.0835. The van der Waals surface area contributed by atoms with Crippen LogP contribution in [0.5, 0.6) is 0 Å². The van der Waals surface area contributed by atoms with E-state index in [1.807, 2.05) is 0 Å². The number of nitrogens with one attached hydrogen (secondary N) is 1. The third-order valence-corrected chi connectivity index (χ3v) is 2.35. The molecule has 0 aliphatic carbocycles. The van der Waals surface area contributed by atoms with Crippen molar-refractivity contribution in [1.82, 2.24) is 20.1 Å². The van der Waals surface area contributed by atoms with Crippen LogP contribution in [-0.2, 0) is 23.1 Å². The summed E-state index contributed by atoms with van der Waals surface area (Å²) in [5.41, 5.74) is -1.12. The quantitative estimate of drug-likeness (QED) is 0.675. The highest BCUT2D eigenvalue weighted by atomic mass is 16.5. The fraction of sp³-hybridized carbons (Fsp3) is 0.667. The first kappa shape index (κ1) is 12.6. The predicted octanol–water partition coefficient (Wildman–Crippen LogP) is -0.606. The number of rotatable bonds is 6. The van der Waals surface area contributed by atoms with Gasteiger partial charge >= 0.3 is 5.97 Å². The monoisotopic (exact) mass is 228 g/mol. The maximum atomic E-state index is 11.1. The van der Waals surface area contributed by atoms with Crippen LogP contribution in [0.2, 0.25) is 0 Å². The molecule has 16 heavy (non-hydrogen) atoms. The van der Waals surface area contributed by atoms with Crippen molar-refractivity contribution in [3.63, 3.8) is 0 Å². The van der Waals surface area contributed by atoms with E-state index in [0.717, 1.165) is 0 Å². The second-order valence-electron chi connectivity index (χ2n) is 3.78. The van der Waals surface area contributed by atoms with E-state index >= 15 is 0 Å². The zero-order valence-electron chi connectivity index (χ0n) is 9.60. The summed E-state index contributed by atoms with van der Waals surface area (Å²) >= 11 is 0. The first-order chi connectivity index (χ1) is 7.49. The van der Waals surface area contributed by atoms with Crippen molar-refractivity contribution in [2.45, 2.75) is 19.0 Å². The van der Waals surface area contributed by atoms with E-state index in [1.54, 1.807) is 24.9 Å². The van der Waals surface area contributed by atoms with Gasteiger partial charge in [-0.2, -0.15) is 0 Å². The summed E-state index contributed by atoms with van der Waals surface area (Å²) in [6.45, 7) is 1.97.